The van der Waals surface area contributed by atoms with Gasteiger partial charge in [0.2, 0.25) is 5.91 Å². The van der Waals surface area contributed by atoms with E-state index in [1.165, 1.54) is 0 Å². The minimum atomic E-state index is -0.0857. The van der Waals surface area contributed by atoms with Gasteiger partial charge in [0.25, 0.3) is 0 Å². The van der Waals surface area contributed by atoms with Crippen molar-refractivity contribution >= 4 is 11.7 Å². The van der Waals surface area contributed by atoms with E-state index in [1.54, 1.807) is 11.8 Å². The van der Waals surface area contributed by atoms with Crippen LogP contribution < -0.4 is 0 Å². The molecule has 0 spiro atoms. The Morgan fingerprint density at radius 2 is 2.15 bits per heavy atom. The minimum absolute atomic E-state index is 0.0857. The lowest BCUT2D eigenvalue weighted by Gasteiger charge is -2.24. The standard InChI is InChI=1S/C10H15NO2/c1-3-9(13)11-5-7-4-8(7)10(11)6(2)12/h7-8,10H,3-5H2,1-2H3/t7-,8-,10?/m0/s1. The van der Waals surface area contributed by atoms with Gasteiger partial charge in [-0.15, -0.1) is 0 Å². The van der Waals surface area contributed by atoms with Crippen molar-refractivity contribution in [3.05, 3.63) is 0 Å². The first-order valence-electron chi connectivity index (χ1n) is 4.95. The number of carbonyl (C=O) groups excluding carboxylic acids is 2. The zero-order chi connectivity index (χ0) is 9.59. The highest BCUT2D eigenvalue weighted by atomic mass is 16.2. The third-order valence-corrected chi connectivity index (χ3v) is 3.19. The van der Waals surface area contributed by atoms with Crippen LogP contribution in [0.25, 0.3) is 0 Å². The maximum absolute atomic E-state index is 11.5. The van der Waals surface area contributed by atoms with E-state index in [-0.39, 0.29) is 17.7 Å². The molecule has 3 atom stereocenters. The van der Waals surface area contributed by atoms with Crippen LogP contribution in [0.1, 0.15) is 26.7 Å². The number of Topliss-reactive ketones (excluding diaryl/α,β-unsaturated/α-hetero) is 1. The molecule has 3 nitrogen and oxygen atoms in total. The maximum Gasteiger partial charge on any atom is 0.222 e. The zero-order valence-corrected chi connectivity index (χ0v) is 8.12. The molecule has 1 heterocycles. The summed E-state index contributed by atoms with van der Waals surface area (Å²) in [7, 11) is 0. The van der Waals surface area contributed by atoms with Crippen molar-refractivity contribution < 1.29 is 9.59 Å². The van der Waals surface area contributed by atoms with E-state index in [4.69, 9.17) is 0 Å². The molecule has 0 N–H and O–H groups in total. The molecule has 2 aliphatic rings. The Hall–Kier alpha value is -0.860. The average Bonchev–Trinajstić information content (AvgIpc) is 2.74. The Bertz CT molecular complexity index is 262. The van der Waals surface area contributed by atoms with Crippen LogP contribution in [0.2, 0.25) is 0 Å². The highest BCUT2D eigenvalue weighted by Crippen LogP contribution is 2.49. The van der Waals surface area contributed by atoms with Gasteiger partial charge in [0, 0.05) is 13.0 Å². The molecule has 2 fully saturated rings. The van der Waals surface area contributed by atoms with Gasteiger partial charge in [0.05, 0.1) is 6.04 Å². The van der Waals surface area contributed by atoms with E-state index < -0.39 is 0 Å². The SMILES string of the molecule is CCC(=O)N1C[C@@H]2C[C@@H]2C1C(C)=O. The van der Waals surface area contributed by atoms with Gasteiger partial charge in [-0.25, -0.2) is 0 Å². The lowest BCUT2D eigenvalue weighted by atomic mass is 10.1. The summed E-state index contributed by atoms with van der Waals surface area (Å²) >= 11 is 0. The minimum Gasteiger partial charge on any atom is -0.332 e. The first kappa shape index (κ1) is 8.73. The topological polar surface area (TPSA) is 37.4 Å². The third kappa shape index (κ3) is 1.26. The number of amides is 1. The molecule has 0 bridgehead atoms. The number of rotatable bonds is 2. The molecule has 3 heteroatoms. The van der Waals surface area contributed by atoms with Crippen molar-refractivity contribution in [1.82, 2.24) is 4.90 Å². The van der Waals surface area contributed by atoms with Gasteiger partial charge in [-0.1, -0.05) is 6.92 Å². The molecular weight excluding hydrogens is 166 g/mol. The van der Waals surface area contributed by atoms with Gasteiger partial charge in [0.15, 0.2) is 5.78 Å². The number of nitrogens with zero attached hydrogens (tertiary/aromatic N) is 1. The van der Waals surface area contributed by atoms with E-state index >= 15 is 0 Å². The number of carbonyl (C=O) groups is 2. The molecule has 1 saturated heterocycles. The van der Waals surface area contributed by atoms with Gasteiger partial charge < -0.3 is 4.90 Å². The first-order valence-corrected chi connectivity index (χ1v) is 4.95. The predicted octanol–water partition coefficient (Wildman–Crippen LogP) is 0.832. The van der Waals surface area contributed by atoms with E-state index in [1.807, 2.05) is 6.92 Å². The summed E-state index contributed by atoms with van der Waals surface area (Å²) in [6, 6.07) is -0.0857. The summed E-state index contributed by atoms with van der Waals surface area (Å²) in [6.45, 7) is 4.27. The molecule has 1 amide bonds. The summed E-state index contributed by atoms with van der Waals surface area (Å²) in [5.74, 6) is 1.41. The molecule has 0 aromatic rings. The van der Waals surface area contributed by atoms with Crippen molar-refractivity contribution in [3.8, 4) is 0 Å². The van der Waals surface area contributed by atoms with E-state index in [0.717, 1.165) is 13.0 Å². The van der Waals surface area contributed by atoms with Crippen LogP contribution in [0.4, 0.5) is 0 Å². The predicted molar refractivity (Wildman–Crippen MR) is 48.1 cm³/mol. The van der Waals surface area contributed by atoms with E-state index in [2.05, 4.69) is 0 Å². The van der Waals surface area contributed by atoms with Gasteiger partial charge in [-0.2, -0.15) is 0 Å². The number of likely N-dealkylation sites (tertiary alicyclic amines) is 1. The largest absolute Gasteiger partial charge is 0.332 e. The lowest BCUT2D eigenvalue weighted by molar-refractivity contribution is -0.137. The van der Waals surface area contributed by atoms with Crippen molar-refractivity contribution in [3.63, 3.8) is 0 Å². The van der Waals surface area contributed by atoms with Crippen LogP contribution in [-0.4, -0.2) is 29.2 Å². The molecule has 0 aromatic carbocycles. The van der Waals surface area contributed by atoms with Crippen LogP contribution in [0, 0.1) is 11.8 Å². The number of hydrogen-bond acceptors (Lipinski definition) is 2. The summed E-state index contributed by atoms with van der Waals surface area (Å²) < 4.78 is 0. The van der Waals surface area contributed by atoms with Crippen LogP contribution in [0.3, 0.4) is 0 Å². The molecule has 0 radical (unpaired) electrons. The molecule has 1 aliphatic heterocycles. The summed E-state index contributed by atoms with van der Waals surface area (Å²) in [6.07, 6.45) is 1.67. The number of hydrogen-bond donors (Lipinski definition) is 0. The highest BCUT2D eigenvalue weighted by molar-refractivity contribution is 5.89. The van der Waals surface area contributed by atoms with Crippen molar-refractivity contribution in [2.45, 2.75) is 32.7 Å². The number of fused-ring (bicyclic) bond motifs is 1. The third-order valence-electron chi connectivity index (χ3n) is 3.19. The van der Waals surface area contributed by atoms with E-state index in [9.17, 15) is 9.59 Å². The van der Waals surface area contributed by atoms with Crippen LogP contribution in [0.5, 0.6) is 0 Å². The molecule has 72 valence electrons. The summed E-state index contributed by atoms with van der Waals surface area (Å²) in [5.41, 5.74) is 0. The molecule has 13 heavy (non-hydrogen) atoms. The second kappa shape index (κ2) is 2.82. The molecular formula is C10H15NO2. The van der Waals surface area contributed by atoms with Crippen LogP contribution in [0.15, 0.2) is 0 Å². The fourth-order valence-electron chi connectivity index (χ4n) is 2.45. The summed E-state index contributed by atoms with van der Waals surface area (Å²) in [5, 5.41) is 0. The fourth-order valence-corrected chi connectivity index (χ4v) is 2.45. The molecule has 2 rings (SSSR count). The van der Waals surface area contributed by atoms with Crippen molar-refractivity contribution in [1.29, 1.82) is 0 Å². The first-order chi connectivity index (χ1) is 6.15. The van der Waals surface area contributed by atoms with Gasteiger partial charge in [-0.3, -0.25) is 9.59 Å². The number of piperidine rings is 1. The Morgan fingerprint density at radius 1 is 1.46 bits per heavy atom. The van der Waals surface area contributed by atoms with Gasteiger partial charge in [-0.05, 0) is 25.2 Å². The van der Waals surface area contributed by atoms with E-state index in [0.29, 0.717) is 18.3 Å². The smallest absolute Gasteiger partial charge is 0.222 e. The van der Waals surface area contributed by atoms with Crippen LogP contribution >= 0.6 is 0 Å². The monoisotopic (exact) mass is 181 g/mol. The molecule has 0 aromatic heterocycles. The molecule has 1 aliphatic carbocycles. The quantitative estimate of drug-likeness (QED) is 0.633. The maximum atomic E-state index is 11.5. The van der Waals surface area contributed by atoms with Crippen LogP contribution in [-0.2, 0) is 9.59 Å². The second-order valence-corrected chi connectivity index (χ2v) is 4.11. The fraction of sp³-hybridized carbons (Fsp3) is 0.800. The highest BCUT2D eigenvalue weighted by Gasteiger charge is 2.55. The Kier molecular flexibility index (Phi) is 1.90. The Balaban J connectivity index is 2.12. The zero-order valence-electron chi connectivity index (χ0n) is 8.12. The number of ketones is 1. The summed E-state index contributed by atoms with van der Waals surface area (Å²) in [4.78, 5) is 24.6. The molecule has 1 saturated carbocycles. The normalized spacial score (nSPS) is 35.8. The van der Waals surface area contributed by atoms with Crippen molar-refractivity contribution in [2.75, 3.05) is 6.54 Å². The molecule has 1 unspecified atom stereocenters. The van der Waals surface area contributed by atoms with Gasteiger partial charge in [0.1, 0.15) is 0 Å². The lowest BCUT2D eigenvalue weighted by Crippen LogP contribution is -2.42. The average molecular weight is 181 g/mol. The Labute approximate surface area is 78.1 Å². The second-order valence-electron chi connectivity index (χ2n) is 4.11. The Morgan fingerprint density at radius 3 is 2.69 bits per heavy atom. The van der Waals surface area contributed by atoms with Gasteiger partial charge >= 0.3 is 0 Å². The van der Waals surface area contributed by atoms with Crippen molar-refractivity contribution in [2.24, 2.45) is 11.8 Å².